The van der Waals surface area contributed by atoms with Gasteiger partial charge >= 0.3 is 0 Å². The molecule has 1 aromatic carbocycles. The van der Waals surface area contributed by atoms with E-state index in [2.05, 4.69) is 18.7 Å². The maximum atomic E-state index is 13.1. The summed E-state index contributed by atoms with van der Waals surface area (Å²) in [5.74, 6) is 0.223. The fraction of sp³-hybridized carbons (Fsp3) is 0.632. The van der Waals surface area contributed by atoms with Crippen molar-refractivity contribution in [2.45, 2.75) is 51.2 Å². The molecule has 0 aromatic heterocycles. The molecular formula is C19H28N2O2. The number of nitrogens with zero attached hydrogens (tertiary/aromatic N) is 2. The first-order chi connectivity index (χ1) is 11.1. The third-order valence-electron chi connectivity index (χ3n) is 4.90. The summed E-state index contributed by atoms with van der Waals surface area (Å²) in [5, 5.41) is 0. The quantitative estimate of drug-likeness (QED) is 0.856. The lowest BCUT2D eigenvalue weighted by atomic mass is 9.92. The Hall–Kier alpha value is -1.39. The van der Waals surface area contributed by atoms with Gasteiger partial charge in [0.2, 0.25) is 5.91 Å². The van der Waals surface area contributed by atoms with Crippen molar-refractivity contribution < 1.29 is 9.53 Å². The zero-order valence-electron chi connectivity index (χ0n) is 14.3. The molecule has 4 heteroatoms. The summed E-state index contributed by atoms with van der Waals surface area (Å²) in [6.07, 6.45) is 4.21. The van der Waals surface area contributed by atoms with E-state index in [-0.39, 0.29) is 17.6 Å². The van der Waals surface area contributed by atoms with Crippen LogP contribution in [0.3, 0.4) is 0 Å². The lowest BCUT2D eigenvalue weighted by Crippen LogP contribution is -2.51. The summed E-state index contributed by atoms with van der Waals surface area (Å²) in [4.78, 5) is 17.4. The van der Waals surface area contributed by atoms with Crippen LogP contribution in [0.5, 0.6) is 0 Å². The Kier molecular flexibility index (Phi) is 5.02. The number of ether oxygens (including phenoxy) is 1. The zero-order chi connectivity index (χ0) is 16.3. The van der Waals surface area contributed by atoms with E-state index >= 15 is 0 Å². The summed E-state index contributed by atoms with van der Waals surface area (Å²) >= 11 is 0. The molecule has 0 N–H and O–H groups in total. The summed E-state index contributed by atoms with van der Waals surface area (Å²) in [6.45, 7) is 7.59. The Bertz CT molecular complexity index is 523. The molecule has 23 heavy (non-hydrogen) atoms. The van der Waals surface area contributed by atoms with Crippen LogP contribution in [-0.4, -0.2) is 48.7 Å². The van der Waals surface area contributed by atoms with E-state index in [4.69, 9.17) is 4.74 Å². The van der Waals surface area contributed by atoms with Gasteiger partial charge in [-0.3, -0.25) is 9.69 Å². The number of benzene rings is 1. The zero-order valence-corrected chi connectivity index (χ0v) is 14.3. The van der Waals surface area contributed by atoms with E-state index in [1.165, 1.54) is 12.8 Å². The molecule has 0 bridgehead atoms. The molecule has 2 saturated heterocycles. The summed E-state index contributed by atoms with van der Waals surface area (Å²) in [7, 11) is 0. The molecule has 0 saturated carbocycles. The maximum absolute atomic E-state index is 13.1. The van der Waals surface area contributed by atoms with Gasteiger partial charge < -0.3 is 9.64 Å². The van der Waals surface area contributed by atoms with Crippen molar-refractivity contribution in [2.75, 3.05) is 31.1 Å². The first-order valence-corrected chi connectivity index (χ1v) is 8.79. The van der Waals surface area contributed by atoms with Crippen LogP contribution >= 0.6 is 0 Å². The van der Waals surface area contributed by atoms with Gasteiger partial charge in [0.1, 0.15) is 0 Å². The molecule has 1 unspecified atom stereocenters. The highest BCUT2D eigenvalue weighted by Crippen LogP contribution is 2.30. The molecule has 4 nitrogen and oxygen atoms in total. The van der Waals surface area contributed by atoms with E-state index < -0.39 is 0 Å². The van der Waals surface area contributed by atoms with E-state index in [9.17, 15) is 4.79 Å². The maximum Gasteiger partial charge on any atom is 0.241 e. The molecule has 2 aliphatic heterocycles. The van der Waals surface area contributed by atoms with Crippen LogP contribution in [0.25, 0.3) is 0 Å². The third-order valence-corrected chi connectivity index (χ3v) is 4.90. The van der Waals surface area contributed by atoms with Gasteiger partial charge in [0.25, 0.3) is 0 Å². The van der Waals surface area contributed by atoms with Crippen LogP contribution in [0.15, 0.2) is 30.3 Å². The average molecular weight is 316 g/mol. The molecule has 2 heterocycles. The van der Waals surface area contributed by atoms with Crippen molar-refractivity contribution in [1.82, 2.24) is 4.90 Å². The second kappa shape index (κ2) is 7.02. The Balaban J connectivity index is 1.80. The normalized spacial score (nSPS) is 24.5. The third kappa shape index (κ3) is 4.12. The number of carbonyl (C=O) groups excluding carboxylic acids is 1. The molecule has 2 fully saturated rings. The van der Waals surface area contributed by atoms with Crippen LogP contribution in [0.1, 0.15) is 39.5 Å². The molecule has 0 aliphatic carbocycles. The highest BCUT2D eigenvalue weighted by molar-refractivity contribution is 5.95. The first-order valence-electron chi connectivity index (χ1n) is 8.79. The molecular weight excluding hydrogens is 288 g/mol. The molecule has 0 spiro atoms. The van der Waals surface area contributed by atoms with Crippen LogP contribution in [0.4, 0.5) is 5.69 Å². The van der Waals surface area contributed by atoms with E-state index in [1.807, 2.05) is 35.2 Å². The Morgan fingerprint density at radius 1 is 1.26 bits per heavy atom. The molecule has 3 rings (SSSR count). The molecule has 126 valence electrons. The molecule has 2 aliphatic rings. The average Bonchev–Trinajstić information content (AvgIpc) is 3.00. The van der Waals surface area contributed by atoms with Gasteiger partial charge in [-0.2, -0.15) is 0 Å². The van der Waals surface area contributed by atoms with Gasteiger partial charge in [0.15, 0.2) is 0 Å². The topological polar surface area (TPSA) is 32.8 Å². The second-order valence-electron chi connectivity index (χ2n) is 7.34. The number of likely N-dealkylation sites (tertiary alicyclic amines) is 1. The van der Waals surface area contributed by atoms with Crippen LogP contribution in [0.2, 0.25) is 0 Å². The summed E-state index contributed by atoms with van der Waals surface area (Å²) in [5.41, 5.74) is 0.851. The Morgan fingerprint density at radius 2 is 1.96 bits per heavy atom. The van der Waals surface area contributed by atoms with E-state index in [1.54, 1.807) is 0 Å². The van der Waals surface area contributed by atoms with Gasteiger partial charge in [-0.05, 0) is 64.8 Å². The number of carbonyl (C=O) groups is 1. The molecule has 1 aromatic rings. The number of para-hydroxylation sites is 1. The standard InChI is InChI=1S/C19H28N2O2/c1-19(2)14-17(10-13-23-19)21(16-8-4-3-5-9-16)18(22)15-20-11-6-7-12-20/h3-5,8-9,17H,6-7,10-15H2,1-2H3. The van der Waals surface area contributed by atoms with Gasteiger partial charge in [0.05, 0.1) is 12.1 Å². The predicted octanol–water partition coefficient (Wildman–Crippen LogP) is 3.07. The highest BCUT2D eigenvalue weighted by Gasteiger charge is 2.35. The Labute approximate surface area is 139 Å². The number of amides is 1. The van der Waals surface area contributed by atoms with Crippen molar-refractivity contribution >= 4 is 11.6 Å². The largest absolute Gasteiger partial charge is 0.375 e. The smallest absolute Gasteiger partial charge is 0.241 e. The fourth-order valence-electron chi connectivity index (χ4n) is 3.78. The molecule has 1 atom stereocenters. The Morgan fingerprint density at radius 3 is 2.61 bits per heavy atom. The van der Waals surface area contributed by atoms with Gasteiger partial charge in [-0.15, -0.1) is 0 Å². The van der Waals surface area contributed by atoms with Crippen molar-refractivity contribution in [2.24, 2.45) is 0 Å². The van der Waals surface area contributed by atoms with Crippen molar-refractivity contribution in [3.05, 3.63) is 30.3 Å². The van der Waals surface area contributed by atoms with Gasteiger partial charge in [-0.25, -0.2) is 0 Å². The summed E-state index contributed by atoms with van der Waals surface area (Å²) < 4.78 is 5.85. The van der Waals surface area contributed by atoms with Gasteiger partial charge in [0, 0.05) is 18.3 Å². The van der Waals surface area contributed by atoms with Crippen molar-refractivity contribution in [1.29, 1.82) is 0 Å². The van der Waals surface area contributed by atoms with Crippen LogP contribution in [0, 0.1) is 0 Å². The SMILES string of the molecule is CC1(C)CC(N(C(=O)CN2CCCC2)c2ccccc2)CCO1. The lowest BCUT2D eigenvalue weighted by molar-refractivity contribution is -0.121. The van der Waals surface area contributed by atoms with Crippen LogP contribution < -0.4 is 4.90 Å². The number of rotatable bonds is 4. The number of hydrogen-bond donors (Lipinski definition) is 0. The highest BCUT2D eigenvalue weighted by atomic mass is 16.5. The lowest BCUT2D eigenvalue weighted by Gasteiger charge is -2.41. The van der Waals surface area contributed by atoms with Crippen molar-refractivity contribution in [3.8, 4) is 0 Å². The van der Waals surface area contributed by atoms with E-state index in [0.29, 0.717) is 6.54 Å². The van der Waals surface area contributed by atoms with E-state index in [0.717, 1.165) is 38.2 Å². The minimum Gasteiger partial charge on any atom is -0.375 e. The minimum absolute atomic E-state index is 0.163. The second-order valence-corrected chi connectivity index (χ2v) is 7.34. The van der Waals surface area contributed by atoms with Gasteiger partial charge in [-0.1, -0.05) is 18.2 Å². The fourth-order valence-corrected chi connectivity index (χ4v) is 3.78. The first kappa shape index (κ1) is 16.5. The monoisotopic (exact) mass is 316 g/mol. The summed E-state index contributed by atoms with van der Waals surface area (Å²) in [6, 6.07) is 10.3. The number of anilines is 1. The predicted molar refractivity (Wildman–Crippen MR) is 92.7 cm³/mol. The molecule has 0 radical (unpaired) electrons. The number of hydrogen-bond acceptors (Lipinski definition) is 3. The molecule has 1 amide bonds. The minimum atomic E-state index is -0.163. The van der Waals surface area contributed by atoms with Crippen LogP contribution in [-0.2, 0) is 9.53 Å². The van der Waals surface area contributed by atoms with Crippen molar-refractivity contribution in [3.63, 3.8) is 0 Å².